The number of likely N-dealkylation sites (tertiary alicyclic amines) is 1. The maximum absolute atomic E-state index is 13.5. The number of nitrogens with zero attached hydrogens (tertiary/aromatic N) is 5. The van der Waals surface area contributed by atoms with E-state index in [4.69, 9.17) is 0 Å². The van der Waals surface area contributed by atoms with E-state index in [1.54, 1.807) is 4.68 Å². The lowest BCUT2D eigenvalue weighted by Crippen LogP contribution is -2.47. The van der Waals surface area contributed by atoms with Gasteiger partial charge in [0.15, 0.2) is 5.82 Å². The maximum Gasteiger partial charge on any atom is 0.228 e. The summed E-state index contributed by atoms with van der Waals surface area (Å²) in [6, 6.07) is 6.01. The number of carbonyl (C=O) groups excluding carboxylic acids is 1. The number of carbonyl (C=O) groups is 1. The maximum atomic E-state index is 13.5. The quantitative estimate of drug-likeness (QED) is 0.679. The molecule has 0 radical (unpaired) electrons. The Balaban J connectivity index is 1.52. The fraction of sp³-hybridized carbons (Fsp3) is 0.478. The Morgan fingerprint density at radius 2 is 1.97 bits per heavy atom. The summed E-state index contributed by atoms with van der Waals surface area (Å²) in [4.78, 5) is 14.9. The molecule has 0 unspecified atom stereocenters. The predicted octanol–water partition coefficient (Wildman–Crippen LogP) is 3.70. The van der Waals surface area contributed by atoms with Crippen molar-refractivity contribution in [1.29, 1.82) is 0 Å². The van der Waals surface area contributed by atoms with Crippen LogP contribution in [0.1, 0.15) is 37.7 Å². The fourth-order valence-corrected chi connectivity index (χ4v) is 4.61. The van der Waals surface area contributed by atoms with Crippen molar-refractivity contribution in [2.75, 3.05) is 18.4 Å². The minimum Gasteiger partial charge on any atom is -0.309 e. The van der Waals surface area contributed by atoms with Crippen LogP contribution >= 0.6 is 0 Å². The summed E-state index contributed by atoms with van der Waals surface area (Å²) < 4.78 is 15.2. The minimum absolute atomic E-state index is 0.0185. The molecular weight excluding hydrogens is 395 g/mol. The van der Waals surface area contributed by atoms with Crippen LogP contribution in [0.15, 0.2) is 30.6 Å². The second-order valence-electron chi connectivity index (χ2n) is 8.78. The van der Waals surface area contributed by atoms with Gasteiger partial charge >= 0.3 is 0 Å². The SMILES string of the molecule is Cn1cc(-c2ccc3nnc(NC(=O)C4CCCCC4)c(CN4CC(F)C4)c3c2)cn1. The van der Waals surface area contributed by atoms with E-state index in [1.165, 1.54) is 6.42 Å². The molecule has 0 bridgehead atoms. The highest BCUT2D eigenvalue weighted by molar-refractivity contribution is 5.96. The van der Waals surface area contributed by atoms with Crippen LogP contribution < -0.4 is 5.32 Å². The highest BCUT2D eigenvalue weighted by Gasteiger charge is 2.29. The van der Waals surface area contributed by atoms with Gasteiger partial charge in [-0.2, -0.15) is 5.10 Å². The van der Waals surface area contributed by atoms with E-state index in [9.17, 15) is 9.18 Å². The average molecular weight is 423 g/mol. The third-order valence-corrected chi connectivity index (χ3v) is 6.42. The number of hydrogen-bond donors (Lipinski definition) is 1. The molecule has 0 atom stereocenters. The van der Waals surface area contributed by atoms with Crippen LogP contribution in [0.4, 0.5) is 10.2 Å². The van der Waals surface area contributed by atoms with Gasteiger partial charge in [0.05, 0.1) is 11.7 Å². The summed E-state index contributed by atoms with van der Waals surface area (Å²) in [6.45, 7) is 1.34. The number of fused-ring (bicyclic) bond motifs is 1. The van der Waals surface area contributed by atoms with Crippen LogP contribution in [0.3, 0.4) is 0 Å². The molecule has 1 saturated heterocycles. The van der Waals surface area contributed by atoms with E-state index in [-0.39, 0.29) is 11.8 Å². The highest BCUT2D eigenvalue weighted by atomic mass is 19.1. The Hall–Kier alpha value is -2.87. The fourth-order valence-electron chi connectivity index (χ4n) is 4.61. The zero-order chi connectivity index (χ0) is 21.4. The summed E-state index contributed by atoms with van der Waals surface area (Å²) in [5.41, 5.74) is 3.68. The second kappa shape index (κ2) is 8.34. The third kappa shape index (κ3) is 4.17. The van der Waals surface area contributed by atoms with Gasteiger partial charge < -0.3 is 5.32 Å². The molecule has 0 spiro atoms. The molecule has 1 aliphatic carbocycles. The number of rotatable bonds is 5. The molecule has 31 heavy (non-hydrogen) atoms. The van der Waals surface area contributed by atoms with E-state index in [0.717, 1.165) is 53.3 Å². The molecule has 1 saturated carbocycles. The van der Waals surface area contributed by atoms with Crippen molar-refractivity contribution < 1.29 is 9.18 Å². The molecular formula is C23H27FN6O. The van der Waals surface area contributed by atoms with Crippen molar-refractivity contribution in [1.82, 2.24) is 24.9 Å². The van der Waals surface area contributed by atoms with Crippen LogP contribution in [0.2, 0.25) is 0 Å². The monoisotopic (exact) mass is 422 g/mol. The van der Waals surface area contributed by atoms with Crippen LogP contribution in [0.25, 0.3) is 22.0 Å². The molecule has 162 valence electrons. The van der Waals surface area contributed by atoms with Gasteiger partial charge in [-0.25, -0.2) is 4.39 Å². The highest BCUT2D eigenvalue weighted by Crippen LogP contribution is 2.31. The largest absolute Gasteiger partial charge is 0.309 e. The van der Waals surface area contributed by atoms with E-state index in [1.807, 2.05) is 36.5 Å². The van der Waals surface area contributed by atoms with Crippen molar-refractivity contribution in [3.05, 3.63) is 36.2 Å². The molecule has 2 fully saturated rings. The number of halogens is 1. The van der Waals surface area contributed by atoms with Gasteiger partial charge in [-0.3, -0.25) is 14.4 Å². The van der Waals surface area contributed by atoms with Crippen molar-refractivity contribution >= 4 is 22.6 Å². The Morgan fingerprint density at radius 1 is 1.16 bits per heavy atom. The molecule has 1 N–H and O–H groups in total. The number of hydrogen-bond acceptors (Lipinski definition) is 5. The van der Waals surface area contributed by atoms with Crippen LogP contribution in [-0.2, 0) is 18.4 Å². The molecule has 3 heterocycles. The standard InChI is InChI=1S/C23H27FN6O/c1-29-11-17(10-25-29)16-7-8-21-19(9-16)20(14-30-12-18(24)13-30)22(28-27-21)26-23(31)15-5-3-2-4-6-15/h7-11,15,18H,2-6,12-14H2,1H3,(H,26,28,31). The molecule has 2 aromatic heterocycles. The minimum atomic E-state index is -0.785. The first-order chi connectivity index (χ1) is 15.1. The van der Waals surface area contributed by atoms with E-state index in [0.29, 0.717) is 25.5 Å². The van der Waals surface area contributed by atoms with E-state index < -0.39 is 6.17 Å². The zero-order valence-corrected chi connectivity index (χ0v) is 17.7. The molecule has 5 rings (SSSR count). The number of aromatic nitrogens is 4. The first kappa shape index (κ1) is 20.1. The van der Waals surface area contributed by atoms with E-state index in [2.05, 4.69) is 26.7 Å². The van der Waals surface area contributed by atoms with Crippen molar-refractivity contribution in [3.8, 4) is 11.1 Å². The molecule has 1 aliphatic heterocycles. The second-order valence-corrected chi connectivity index (χ2v) is 8.78. The van der Waals surface area contributed by atoms with Crippen LogP contribution in [-0.4, -0.2) is 50.0 Å². The summed E-state index contributed by atoms with van der Waals surface area (Å²) >= 11 is 0. The summed E-state index contributed by atoms with van der Waals surface area (Å²) in [5.74, 6) is 0.541. The predicted molar refractivity (Wildman–Crippen MR) is 117 cm³/mol. The van der Waals surface area contributed by atoms with Gasteiger partial charge in [0.1, 0.15) is 6.17 Å². The zero-order valence-electron chi connectivity index (χ0n) is 17.7. The number of amides is 1. The van der Waals surface area contributed by atoms with Crippen molar-refractivity contribution in [2.45, 2.75) is 44.8 Å². The number of nitrogens with one attached hydrogen (secondary N) is 1. The number of anilines is 1. The smallest absolute Gasteiger partial charge is 0.228 e. The number of aryl methyl sites for hydroxylation is 1. The summed E-state index contributed by atoms with van der Waals surface area (Å²) in [6.07, 6.45) is 8.22. The van der Waals surface area contributed by atoms with Crippen molar-refractivity contribution in [2.24, 2.45) is 13.0 Å². The molecule has 2 aliphatic rings. The van der Waals surface area contributed by atoms with Gasteiger partial charge in [-0.15, -0.1) is 10.2 Å². The van der Waals surface area contributed by atoms with Crippen molar-refractivity contribution in [3.63, 3.8) is 0 Å². The Labute approximate surface area is 180 Å². The van der Waals surface area contributed by atoms with Gasteiger partial charge in [0.2, 0.25) is 5.91 Å². The first-order valence-corrected chi connectivity index (χ1v) is 11.0. The lowest BCUT2D eigenvalue weighted by atomic mass is 9.88. The molecule has 8 heteroatoms. The van der Waals surface area contributed by atoms with E-state index >= 15 is 0 Å². The van der Waals surface area contributed by atoms with Crippen LogP contribution in [0, 0.1) is 5.92 Å². The Morgan fingerprint density at radius 3 is 2.68 bits per heavy atom. The normalized spacial score (nSPS) is 18.3. The van der Waals surface area contributed by atoms with Crippen LogP contribution in [0.5, 0.6) is 0 Å². The third-order valence-electron chi connectivity index (χ3n) is 6.42. The Kier molecular flexibility index (Phi) is 5.40. The summed E-state index contributed by atoms with van der Waals surface area (Å²) in [5, 5.41) is 17.0. The molecule has 1 amide bonds. The number of benzene rings is 1. The molecule has 7 nitrogen and oxygen atoms in total. The summed E-state index contributed by atoms with van der Waals surface area (Å²) in [7, 11) is 1.89. The van der Waals surface area contributed by atoms with Gasteiger partial charge in [0, 0.05) is 55.3 Å². The lowest BCUT2D eigenvalue weighted by Gasteiger charge is -2.34. The molecule has 3 aromatic rings. The van der Waals surface area contributed by atoms with Gasteiger partial charge in [0.25, 0.3) is 0 Å². The topological polar surface area (TPSA) is 75.9 Å². The van der Waals surface area contributed by atoms with Gasteiger partial charge in [-0.05, 0) is 30.5 Å². The van der Waals surface area contributed by atoms with Gasteiger partial charge in [-0.1, -0.05) is 25.3 Å². The first-order valence-electron chi connectivity index (χ1n) is 11.0. The average Bonchev–Trinajstić information content (AvgIpc) is 3.20. The Bertz CT molecular complexity index is 1100. The number of alkyl halides is 1. The lowest BCUT2D eigenvalue weighted by molar-refractivity contribution is -0.120. The molecule has 1 aromatic carbocycles.